The van der Waals surface area contributed by atoms with Crippen molar-refractivity contribution in [2.24, 2.45) is 9.98 Å². The molecule has 0 unspecified atom stereocenters. The molecule has 0 bridgehead atoms. The van der Waals surface area contributed by atoms with Crippen molar-refractivity contribution < 1.29 is 14.7 Å². The van der Waals surface area contributed by atoms with Gasteiger partial charge in [0.25, 0.3) is 0 Å². The van der Waals surface area contributed by atoms with E-state index in [-0.39, 0.29) is 12.8 Å². The SMILES string of the molecule is CC(C)(C)OC(=O)N1CCN(N2CN(O)C=C3N=CN=C32)CC1. The number of ether oxygens (including phenoxy) is 1. The van der Waals surface area contributed by atoms with Gasteiger partial charge >= 0.3 is 6.09 Å². The van der Waals surface area contributed by atoms with Gasteiger partial charge in [-0.05, 0) is 20.8 Å². The number of hydrogen-bond donors (Lipinski definition) is 1. The van der Waals surface area contributed by atoms with Gasteiger partial charge in [0.2, 0.25) is 0 Å². The minimum Gasteiger partial charge on any atom is -0.444 e. The largest absolute Gasteiger partial charge is 0.444 e. The van der Waals surface area contributed by atoms with Gasteiger partial charge in [0.05, 0.1) is 6.20 Å². The summed E-state index contributed by atoms with van der Waals surface area (Å²) in [4.78, 5) is 22.2. The van der Waals surface area contributed by atoms with Crippen molar-refractivity contribution in [1.29, 1.82) is 0 Å². The molecule has 1 N–H and O–H groups in total. The van der Waals surface area contributed by atoms with E-state index in [1.165, 1.54) is 6.34 Å². The van der Waals surface area contributed by atoms with E-state index in [1.54, 1.807) is 11.1 Å². The lowest BCUT2D eigenvalue weighted by Crippen LogP contribution is -2.59. The van der Waals surface area contributed by atoms with E-state index < -0.39 is 5.60 Å². The number of rotatable bonds is 1. The standard InChI is InChI=1S/C14H22N6O3/c1-14(2,3)23-13(21)17-4-6-18(7-5-17)20-10-19(22)8-11-12(20)16-9-15-11/h8-9,22H,4-7,10H2,1-3H3. The van der Waals surface area contributed by atoms with Crippen LogP contribution in [-0.2, 0) is 4.74 Å². The summed E-state index contributed by atoms with van der Waals surface area (Å²) in [6, 6.07) is 0. The molecule has 3 rings (SSSR count). The normalized spacial score (nSPS) is 22.0. The summed E-state index contributed by atoms with van der Waals surface area (Å²) >= 11 is 0. The molecule has 0 aliphatic carbocycles. The number of hydrazine groups is 1. The van der Waals surface area contributed by atoms with E-state index in [2.05, 4.69) is 15.0 Å². The second kappa shape index (κ2) is 5.82. The highest BCUT2D eigenvalue weighted by atomic mass is 16.6. The molecule has 3 aliphatic rings. The first kappa shape index (κ1) is 15.8. The molecule has 3 heterocycles. The van der Waals surface area contributed by atoms with Crippen LogP contribution in [0.3, 0.4) is 0 Å². The number of aliphatic imine (C=N–C) groups is 2. The highest BCUT2D eigenvalue weighted by Crippen LogP contribution is 2.20. The fourth-order valence-corrected chi connectivity index (χ4v) is 2.62. The van der Waals surface area contributed by atoms with E-state index in [1.807, 2.05) is 25.8 Å². The molecule has 1 fully saturated rings. The van der Waals surface area contributed by atoms with Gasteiger partial charge in [-0.1, -0.05) is 0 Å². The van der Waals surface area contributed by atoms with E-state index in [0.717, 1.165) is 10.9 Å². The molecule has 0 aromatic rings. The van der Waals surface area contributed by atoms with Gasteiger partial charge < -0.3 is 9.64 Å². The molecule has 9 heteroatoms. The van der Waals surface area contributed by atoms with Gasteiger partial charge in [0.15, 0.2) is 5.84 Å². The zero-order valence-electron chi connectivity index (χ0n) is 13.6. The van der Waals surface area contributed by atoms with Crippen molar-refractivity contribution in [3.63, 3.8) is 0 Å². The Labute approximate surface area is 135 Å². The van der Waals surface area contributed by atoms with Crippen molar-refractivity contribution in [3.05, 3.63) is 11.9 Å². The number of hydrogen-bond acceptors (Lipinski definition) is 8. The Balaban J connectivity index is 1.59. The Hall–Kier alpha value is -2.13. The van der Waals surface area contributed by atoms with Crippen LogP contribution in [0.15, 0.2) is 21.9 Å². The third-order valence-electron chi connectivity index (χ3n) is 3.65. The van der Waals surface area contributed by atoms with E-state index in [4.69, 9.17) is 4.74 Å². The van der Waals surface area contributed by atoms with Crippen LogP contribution in [0.4, 0.5) is 4.79 Å². The van der Waals surface area contributed by atoms with Gasteiger partial charge in [-0.2, -0.15) is 0 Å². The van der Waals surface area contributed by atoms with Crippen molar-refractivity contribution in [2.45, 2.75) is 26.4 Å². The first-order chi connectivity index (χ1) is 10.8. The number of hydroxylamine groups is 2. The molecule has 0 radical (unpaired) electrons. The molecule has 0 aromatic heterocycles. The summed E-state index contributed by atoms with van der Waals surface area (Å²) in [5, 5.41) is 14.8. The number of nitrogens with zero attached hydrogens (tertiary/aromatic N) is 6. The van der Waals surface area contributed by atoms with Crippen molar-refractivity contribution in [1.82, 2.24) is 20.0 Å². The smallest absolute Gasteiger partial charge is 0.410 e. The van der Waals surface area contributed by atoms with Gasteiger partial charge in [-0.3, -0.25) is 10.2 Å². The highest BCUT2D eigenvalue weighted by molar-refractivity contribution is 6.06. The number of carbonyl (C=O) groups is 1. The summed E-state index contributed by atoms with van der Waals surface area (Å²) in [5.41, 5.74) is 0.141. The van der Waals surface area contributed by atoms with Gasteiger partial charge in [0, 0.05) is 26.2 Å². The molecule has 1 amide bonds. The van der Waals surface area contributed by atoms with Gasteiger partial charge in [-0.25, -0.2) is 24.9 Å². The monoisotopic (exact) mass is 322 g/mol. The van der Waals surface area contributed by atoms with Crippen LogP contribution in [-0.4, -0.2) is 81.9 Å². The molecule has 0 atom stereocenters. The lowest BCUT2D eigenvalue weighted by molar-refractivity contribution is -0.124. The van der Waals surface area contributed by atoms with Crippen LogP contribution < -0.4 is 0 Å². The van der Waals surface area contributed by atoms with E-state index in [9.17, 15) is 10.0 Å². The van der Waals surface area contributed by atoms with Crippen LogP contribution in [0.2, 0.25) is 0 Å². The Morgan fingerprint density at radius 3 is 2.61 bits per heavy atom. The van der Waals surface area contributed by atoms with Crippen LogP contribution in [0.1, 0.15) is 20.8 Å². The number of amidine groups is 1. The first-order valence-corrected chi connectivity index (χ1v) is 7.62. The second-order valence-corrected chi connectivity index (χ2v) is 6.61. The van der Waals surface area contributed by atoms with Crippen molar-refractivity contribution >= 4 is 18.3 Å². The number of piperazine rings is 1. The van der Waals surface area contributed by atoms with E-state index >= 15 is 0 Å². The zero-order valence-corrected chi connectivity index (χ0v) is 13.6. The first-order valence-electron chi connectivity index (χ1n) is 7.62. The van der Waals surface area contributed by atoms with Crippen LogP contribution in [0.25, 0.3) is 0 Å². The van der Waals surface area contributed by atoms with Gasteiger partial charge in [-0.15, -0.1) is 0 Å². The predicted octanol–water partition coefficient (Wildman–Crippen LogP) is 0.700. The lowest BCUT2D eigenvalue weighted by atomic mass is 10.2. The lowest BCUT2D eigenvalue weighted by Gasteiger charge is -2.44. The van der Waals surface area contributed by atoms with Crippen LogP contribution in [0.5, 0.6) is 0 Å². The Morgan fingerprint density at radius 1 is 1.26 bits per heavy atom. The molecule has 1 saturated heterocycles. The maximum atomic E-state index is 12.1. The van der Waals surface area contributed by atoms with Crippen LogP contribution in [0, 0.1) is 0 Å². The number of fused-ring (bicyclic) bond motifs is 1. The minimum atomic E-state index is -0.492. The van der Waals surface area contributed by atoms with Crippen molar-refractivity contribution in [3.8, 4) is 0 Å². The Bertz CT molecular complexity index is 572. The molecular formula is C14H22N6O3. The number of carbonyl (C=O) groups excluding carboxylic acids is 1. The maximum Gasteiger partial charge on any atom is 0.410 e. The van der Waals surface area contributed by atoms with E-state index in [0.29, 0.717) is 31.9 Å². The summed E-state index contributed by atoms with van der Waals surface area (Å²) in [7, 11) is 0. The third-order valence-corrected chi connectivity index (χ3v) is 3.65. The average molecular weight is 322 g/mol. The topological polar surface area (TPSA) is 84.2 Å². The molecule has 9 nitrogen and oxygen atoms in total. The molecule has 3 aliphatic heterocycles. The Morgan fingerprint density at radius 2 is 1.96 bits per heavy atom. The molecule has 0 aromatic carbocycles. The summed E-state index contributed by atoms with van der Waals surface area (Å²) in [6.45, 7) is 8.26. The summed E-state index contributed by atoms with van der Waals surface area (Å²) in [5.74, 6) is 0.723. The van der Waals surface area contributed by atoms with Crippen molar-refractivity contribution in [2.75, 3.05) is 32.8 Å². The number of amides is 1. The fraction of sp³-hybridized carbons (Fsp3) is 0.643. The second-order valence-electron chi connectivity index (χ2n) is 6.61. The average Bonchev–Trinajstić information content (AvgIpc) is 2.93. The minimum absolute atomic E-state index is 0.290. The zero-order chi connectivity index (χ0) is 16.6. The predicted molar refractivity (Wildman–Crippen MR) is 83.7 cm³/mol. The quantitative estimate of drug-likeness (QED) is 0.765. The molecule has 0 spiro atoms. The summed E-state index contributed by atoms with van der Waals surface area (Å²) < 4.78 is 5.40. The summed E-state index contributed by atoms with van der Waals surface area (Å²) in [6.07, 6.45) is 2.74. The molecule has 126 valence electrons. The van der Waals surface area contributed by atoms with Gasteiger partial charge in [0.1, 0.15) is 24.3 Å². The molecule has 23 heavy (non-hydrogen) atoms. The fourth-order valence-electron chi connectivity index (χ4n) is 2.62. The molecular weight excluding hydrogens is 300 g/mol. The third kappa shape index (κ3) is 3.45. The Kier molecular flexibility index (Phi) is 3.99. The van der Waals surface area contributed by atoms with Crippen LogP contribution >= 0.6 is 0 Å². The molecule has 0 saturated carbocycles. The maximum absolute atomic E-state index is 12.1. The highest BCUT2D eigenvalue weighted by Gasteiger charge is 2.33.